The second-order valence-corrected chi connectivity index (χ2v) is 10.9. The SMILES string of the molecule is CCN(Cc1nc(-c2cccs2)no1)C(=O)CCc1cc(S(=O)(=O)N2CCCC2)ccc1OC. The molecule has 0 atom stereocenters. The summed E-state index contributed by atoms with van der Waals surface area (Å²) in [6.45, 7) is 3.66. The fraction of sp³-hybridized carbons (Fsp3) is 0.435. The highest BCUT2D eigenvalue weighted by molar-refractivity contribution is 7.89. The number of amides is 1. The maximum absolute atomic E-state index is 13.0. The Hall–Kier alpha value is -2.76. The maximum Gasteiger partial charge on any atom is 0.246 e. The highest BCUT2D eigenvalue weighted by atomic mass is 32.2. The first kappa shape index (κ1) is 24.4. The first-order valence-corrected chi connectivity index (χ1v) is 13.6. The van der Waals surface area contributed by atoms with E-state index in [0.717, 1.165) is 17.7 Å². The molecule has 1 aliphatic rings. The number of aromatic nitrogens is 2. The van der Waals surface area contributed by atoms with Gasteiger partial charge in [-0.15, -0.1) is 11.3 Å². The van der Waals surface area contributed by atoms with Crippen LogP contribution in [0.15, 0.2) is 45.1 Å². The second-order valence-electron chi connectivity index (χ2n) is 7.98. The van der Waals surface area contributed by atoms with Crippen molar-refractivity contribution in [3.63, 3.8) is 0 Å². The van der Waals surface area contributed by atoms with Gasteiger partial charge in [-0.25, -0.2) is 8.42 Å². The van der Waals surface area contributed by atoms with Crippen LogP contribution in [0.5, 0.6) is 5.75 Å². The molecule has 0 spiro atoms. The molecule has 4 rings (SSSR count). The van der Waals surface area contributed by atoms with E-state index in [2.05, 4.69) is 10.1 Å². The second kappa shape index (κ2) is 10.7. The predicted octanol–water partition coefficient (Wildman–Crippen LogP) is 3.57. The van der Waals surface area contributed by atoms with Gasteiger partial charge < -0.3 is 14.2 Å². The van der Waals surface area contributed by atoms with E-state index < -0.39 is 10.0 Å². The zero-order valence-corrected chi connectivity index (χ0v) is 20.9. The van der Waals surface area contributed by atoms with Crippen molar-refractivity contribution in [2.24, 2.45) is 0 Å². The van der Waals surface area contributed by atoms with Crippen LogP contribution >= 0.6 is 11.3 Å². The number of hydrogen-bond donors (Lipinski definition) is 0. The molecule has 0 aliphatic carbocycles. The van der Waals surface area contributed by atoms with Crippen molar-refractivity contribution in [1.29, 1.82) is 0 Å². The largest absolute Gasteiger partial charge is 0.496 e. The Morgan fingerprint density at radius 1 is 1.26 bits per heavy atom. The van der Waals surface area contributed by atoms with Crippen LogP contribution in [-0.2, 0) is 27.8 Å². The van der Waals surface area contributed by atoms with E-state index in [1.807, 2.05) is 24.4 Å². The van der Waals surface area contributed by atoms with Crippen LogP contribution in [0.3, 0.4) is 0 Å². The maximum atomic E-state index is 13.0. The fourth-order valence-corrected chi connectivity index (χ4v) is 6.17. The van der Waals surface area contributed by atoms with Gasteiger partial charge in [0.2, 0.25) is 27.6 Å². The van der Waals surface area contributed by atoms with Crippen LogP contribution in [0.1, 0.15) is 37.6 Å². The Balaban J connectivity index is 1.43. The molecule has 3 heterocycles. The first-order valence-electron chi connectivity index (χ1n) is 11.2. The first-order chi connectivity index (χ1) is 16.4. The zero-order valence-electron chi connectivity index (χ0n) is 19.3. The number of ether oxygens (including phenoxy) is 1. The van der Waals surface area contributed by atoms with Crippen LogP contribution in [0.4, 0.5) is 0 Å². The number of hydrogen-bond acceptors (Lipinski definition) is 8. The van der Waals surface area contributed by atoms with Crippen LogP contribution in [0, 0.1) is 0 Å². The lowest BCUT2D eigenvalue weighted by Crippen LogP contribution is -2.30. The van der Waals surface area contributed by atoms with Crippen LogP contribution in [-0.4, -0.2) is 60.4 Å². The summed E-state index contributed by atoms with van der Waals surface area (Å²) in [4.78, 5) is 20.1. The van der Waals surface area contributed by atoms with Crippen molar-refractivity contribution < 1.29 is 22.5 Å². The minimum atomic E-state index is -3.55. The normalized spacial score (nSPS) is 14.4. The average Bonchev–Trinajstić information content (AvgIpc) is 3.63. The topological polar surface area (TPSA) is 106 Å². The van der Waals surface area contributed by atoms with Crippen molar-refractivity contribution in [3.8, 4) is 16.5 Å². The van der Waals surface area contributed by atoms with Gasteiger partial charge in [0.15, 0.2) is 0 Å². The Bertz CT molecular complexity index is 1220. The fourth-order valence-electron chi connectivity index (χ4n) is 3.95. The van der Waals surface area contributed by atoms with E-state index in [9.17, 15) is 13.2 Å². The Kier molecular flexibility index (Phi) is 7.64. The van der Waals surface area contributed by atoms with E-state index in [4.69, 9.17) is 9.26 Å². The van der Waals surface area contributed by atoms with Gasteiger partial charge in [0, 0.05) is 26.1 Å². The summed E-state index contributed by atoms with van der Waals surface area (Å²) in [6, 6.07) is 8.67. The van der Waals surface area contributed by atoms with Crippen molar-refractivity contribution in [1.82, 2.24) is 19.3 Å². The molecule has 182 valence electrons. The number of thiophene rings is 1. The number of benzene rings is 1. The quantitative estimate of drug-likeness (QED) is 0.415. The van der Waals surface area contributed by atoms with Gasteiger partial charge in [0.05, 0.1) is 23.4 Å². The van der Waals surface area contributed by atoms with Gasteiger partial charge in [-0.1, -0.05) is 11.2 Å². The lowest BCUT2D eigenvalue weighted by molar-refractivity contribution is -0.131. The van der Waals surface area contributed by atoms with E-state index in [1.165, 1.54) is 22.8 Å². The molecule has 1 aliphatic heterocycles. The van der Waals surface area contributed by atoms with Gasteiger partial charge in [-0.3, -0.25) is 4.79 Å². The molecule has 1 aromatic carbocycles. The van der Waals surface area contributed by atoms with Crippen molar-refractivity contribution in [3.05, 3.63) is 47.2 Å². The summed E-state index contributed by atoms with van der Waals surface area (Å²) in [7, 11) is -2.01. The number of aryl methyl sites for hydroxylation is 1. The highest BCUT2D eigenvalue weighted by Crippen LogP contribution is 2.28. The Morgan fingerprint density at radius 2 is 2.06 bits per heavy atom. The van der Waals surface area contributed by atoms with Crippen LogP contribution in [0.25, 0.3) is 10.7 Å². The Labute approximate surface area is 203 Å². The zero-order chi connectivity index (χ0) is 24.1. The standard InChI is InChI=1S/C23H28N4O5S2/c1-3-26(16-21-24-23(25-32-21)20-7-6-14-33-20)22(28)11-8-17-15-18(9-10-19(17)31-2)34(29,30)27-12-4-5-13-27/h6-7,9-10,14-15H,3-5,8,11-13,16H2,1-2H3. The predicted molar refractivity (Wildman–Crippen MR) is 128 cm³/mol. The number of carbonyl (C=O) groups is 1. The summed E-state index contributed by atoms with van der Waals surface area (Å²) < 4.78 is 38.2. The lowest BCUT2D eigenvalue weighted by atomic mass is 10.1. The molecule has 0 radical (unpaired) electrons. The van der Waals surface area contributed by atoms with Crippen LogP contribution < -0.4 is 4.74 Å². The van der Waals surface area contributed by atoms with Crippen molar-refractivity contribution in [2.45, 2.75) is 44.0 Å². The molecule has 1 fully saturated rings. The smallest absolute Gasteiger partial charge is 0.246 e. The van der Waals surface area contributed by atoms with Gasteiger partial charge in [-0.05, 0) is 61.4 Å². The van der Waals surface area contributed by atoms with Crippen molar-refractivity contribution >= 4 is 27.3 Å². The molecule has 34 heavy (non-hydrogen) atoms. The molecule has 1 saturated heterocycles. The molecule has 3 aromatic rings. The summed E-state index contributed by atoms with van der Waals surface area (Å²) >= 11 is 1.52. The number of rotatable bonds is 10. The minimum Gasteiger partial charge on any atom is -0.496 e. The van der Waals surface area contributed by atoms with Gasteiger partial charge >= 0.3 is 0 Å². The van der Waals surface area contributed by atoms with E-state index in [1.54, 1.807) is 23.1 Å². The molecular weight excluding hydrogens is 476 g/mol. The number of carbonyl (C=O) groups excluding carboxylic acids is 1. The number of methoxy groups -OCH3 is 1. The van der Waals surface area contributed by atoms with Gasteiger partial charge in [-0.2, -0.15) is 9.29 Å². The molecule has 1 amide bonds. The molecule has 0 N–H and O–H groups in total. The number of nitrogens with zero attached hydrogens (tertiary/aromatic N) is 4. The molecule has 11 heteroatoms. The highest BCUT2D eigenvalue weighted by Gasteiger charge is 2.28. The lowest BCUT2D eigenvalue weighted by Gasteiger charge is -2.20. The monoisotopic (exact) mass is 504 g/mol. The minimum absolute atomic E-state index is 0.0896. The van der Waals surface area contributed by atoms with Gasteiger partial charge in [0.1, 0.15) is 5.75 Å². The number of sulfonamides is 1. The summed E-state index contributed by atoms with van der Waals surface area (Å²) in [5, 5.41) is 5.93. The van der Waals surface area contributed by atoms with E-state index in [0.29, 0.717) is 49.1 Å². The molecule has 0 bridgehead atoms. The molecular formula is C23H28N4O5S2. The molecule has 0 unspecified atom stereocenters. The third-order valence-corrected chi connectivity index (χ3v) is 8.59. The third-order valence-electron chi connectivity index (χ3n) is 5.83. The summed E-state index contributed by atoms with van der Waals surface area (Å²) in [5.74, 6) is 1.35. The molecule has 0 saturated carbocycles. The third kappa shape index (κ3) is 5.31. The van der Waals surface area contributed by atoms with Crippen LogP contribution in [0.2, 0.25) is 0 Å². The van der Waals surface area contributed by atoms with Crippen molar-refractivity contribution in [2.75, 3.05) is 26.7 Å². The summed E-state index contributed by atoms with van der Waals surface area (Å²) in [5.41, 5.74) is 0.685. The van der Waals surface area contributed by atoms with E-state index >= 15 is 0 Å². The average molecular weight is 505 g/mol. The Morgan fingerprint density at radius 3 is 2.74 bits per heavy atom. The summed E-state index contributed by atoms with van der Waals surface area (Å²) in [6.07, 6.45) is 2.30. The van der Waals surface area contributed by atoms with E-state index in [-0.39, 0.29) is 23.8 Å². The molecule has 2 aromatic heterocycles. The van der Waals surface area contributed by atoms with Gasteiger partial charge in [0.25, 0.3) is 0 Å². The molecule has 9 nitrogen and oxygen atoms in total.